The van der Waals surface area contributed by atoms with E-state index in [-0.39, 0.29) is 24.2 Å². The van der Waals surface area contributed by atoms with Crippen molar-refractivity contribution < 1.29 is 9.18 Å². The Kier molecular flexibility index (Phi) is 5.80. The molecule has 1 atom stereocenters. The van der Waals surface area contributed by atoms with Crippen molar-refractivity contribution in [2.24, 2.45) is 0 Å². The van der Waals surface area contributed by atoms with Crippen molar-refractivity contribution in [1.82, 2.24) is 5.32 Å². The molecule has 0 aliphatic heterocycles. The van der Waals surface area contributed by atoms with E-state index in [1.807, 2.05) is 55.5 Å². The highest BCUT2D eigenvalue weighted by Crippen LogP contribution is 2.23. The molecule has 26 heavy (non-hydrogen) atoms. The molecule has 0 fully saturated rings. The summed E-state index contributed by atoms with van der Waals surface area (Å²) in [6, 6.07) is 24.4. The number of nitrogens with one attached hydrogen (secondary N) is 1. The number of aryl methyl sites for hydroxylation is 2. The van der Waals surface area contributed by atoms with Gasteiger partial charge in [-0.1, -0.05) is 78.4 Å². The van der Waals surface area contributed by atoms with Crippen LogP contribution < -0.4 is 5.32 Å². The molecule has 2 nitrogen and oxygen atoms in total. The van der Waals surface area contributed by atoms with Gasteiger partial charge >= 0.3 is 0 Å². The summed E-state index contributed by atoms with van der Waals surface area (Å²) in [6.07, 6.45) is 0.629. The summed E-state index contributed by atoms with van der Waals surface area (Å²) in [7, 11) is 0. The van der Waals surface area contributed by atoms with Gasteiger partial charge in [-0.25, -0.2) is 4.39 Å². The first kappa shape index (κ1) is 17.9. The summed E-state index contributed by atoms with van der Waals surface area (Å²) < 4.78 is 13.7. The van der Waals surface area contributed by atoms with Gasteiger partial charge in [-0.05, 0) is 36.1 Å². The fourth-order valence-electron chi connectivity index (χ4n) is 3.04. The molecule has 0 saturated heterocycles. The normalized spacial score (nSPS) is 11.8. The number of hydrogen-bond acceptors (Lipinski definition) is 1. The fraction of sp³-hybridized carbons (Fsp3) is 0.174. The summed E-state index contributed by atoms with van der Waals surface area (Å²) >= 11 is 0. The standard InChI is InChI=1S/C23H22FNO/c1-17-8-7-12-20(16-17)23(19-10-3-2-4-11-19)25-22(26)15-14-18-9-5-6-13-21(18)24/h2-13,16,23H,14-15H2,1H3,(H,25,26)/t23-/m0/s1. The molecule has 0 spiro atoms. The van der Waals surface area contributed by atoms with Crippen molar-refractivity contribution in [1.29, 1.82) is 0 Å². The number of carbonyl (C=O) groups excluding carboxylic acids is 1. The van der Waals surface area contributed by atoms with E-state index >= 15 is 0 Å². The summed E-state index contributed by atoms with van der Waals surface area (Å²) in [4.78, 5) is 12.5. The molecule has 0 aliphatic carbocycles. The second-order valence-electron chi connectivity index (χ2n) is 6.42. The fourth-order valence-corrected chi connectivity index (χ4v) is 3.04. The lowest BCUT2D eigenvalue weighted by Crippen LogP contribution is -2.29. The average molecular weight is 347 g/mol. The van der Waals surface area contributed by atoms with Gasteiger partial charge in [-0.2, -0.15) is 0 Å². The zero-order valence-electron chi connectivity index (χ0n) is 14.8. The number of benzene rings is 3. The monoisotopic (exact) mass is 347 g/mol. The van der Waals surface area contributed by atoms with E-state index in [9.17, 15) is 9.18 Å². The van der Waals surface area contributed by atoms with Crippen molar-refractivity contribution in [3.05, 3.63) is 107 Å². The van der Waals surface area contributed by atoms with Gasteiger partial charge in [-0.3, -0.25) is 4.79 Å². The number of amides is 1. The summed E-state index contributed by atoms with van der Waals surface area (Å²) in [5.41, 5.74) is 3.77. The van der Waals surface area contributed by atoms with Gasteiger partial charge in [0.1, 0.15) is 5.82 Å². The second kappa shape index (κ2) is 8.43. The maximum absolute atomic E-state index is 13.7. The lowest BCUT2D eigenvalue weighted by atomic mass is 9.97. The third kappa shape index (κ3) is 4.57. The molecule has 0 saturated carbocycles. The minimum atomic E-state index is -0.265. The van der Waals surface area contributed by atoms with Gasteiger partial charge in [0.25, 0.3) is 0 Å². The first-order valence-electron chi connectivity index (χ1n) is 8.78. The van der Waals surface area contributed by atoms with Crippen LogP contribution in [0.5, 0.6) is 0 Å². The highest BCUT2D eigenvalue weighted by atomic mass is 19.1. The maximum atomic E-state index is 13.7. The molecule has 0 radical (unpaired) electrons. The predicted molar refractivity (Wildman–Crippen MR) is 102 cm³/mol. The van der Waals surface area contributed by atoms with Crippen LogP contribution in [-0.4, -0.2) is 5.91 Å². The van der Waals surface area contributed by atoms with Crippen LogP contribution in [0.2, 0.25) is 0 Å². The molecule has 3 rings (SSSR count). The van der Waals surface area contributed by atoms with E-state index in [1.54, 1.807) is 18.2 Å². The van der Waals surface area contributed by atoms with E-state index < -0.39 is 0 Å². The molecule has 0 heterocycles. The molecular weight excluding hydrogens is 325 g/mol. The Morgan fingerprint density at radius 1 is 0.923 bits per heavy atom. The Morgan fingerprint density at radius 2 is 1.62 bits per heavy atom. The molecule has 0 unspecified atom stereocenters. The largest absolute Gasteiger partial charge is 0.345 e. The van der Waals surface area contributed by atoms with Crippen LogP contribution in [0.25, 0.3) is 0 Å². The Morgan fingerprint density at radius 3 is 2.35 bits per heavy atom. The van der Waals surface area contributed by atoms with Gasteiger partial charge in [0.05, 0.1) is 6.04 Å². The lowest BCUT2D eigenvalue weighted by molar-refractivity contribution is -0.121. The Hall–Kier alpha value is -2.94. The van der Waals surface area contributed by atoms with Gasteiger partial charge in [0, 0.05) is 6.42 Å². The van der Waals surface area contributed by atoms with Crippen LogP contribution in [0.1, 0.15) is 34.7 Å². The number of hydrogen-bond donors (Lipinski definition) is 1. The smallest absolute Gasteiger partial charge is 0.221 e. The zero-order valence-corrected chi connectivity index (χ0v) is 14.8. The third-order valence-electron chi connectivity index (χ3n) is 4.39. The number of halogens is 1. The molecule has 0 aliphatic rings. The highest BCUT2D eigenvalue weighted by Gasteiger charge is 2.17. The summed E-state index contributed by atoms with van der Waals surface area (Å²) in [5.74, 6) is -0.359. The van der Waals surface area contributed by atoms with Crippen LogP contribution in [0.15, 0.2) is 78.9 Å². The lowest BCUT2D eigenvalue weighted by Gasteiger charge is -2.20. The van der Waals surface area contributed by atoms with Gasteiger partial charge < -0.3 is 5.32 Å². The minimum absolute atomic E-state index is 0.0939. The van der Waals surface area contributed by atoms with Crippen LogP contribution in [0.4, 0.5) is 4.39 Å². The molecule has 3 aromatic rings. The molecule has 1 amide bonds. The van der Waals surface area contributed by atoms with E-state index in [1.165, 1.54) is 6.07 Å². The molecule has 3 aromatic carbocycles. The topological polar surface area (TPSA) is 29.1 Å². The van der Waals surface area contributed by atoms with Crippen molar-refractivity contribution in [3.63, 3.8) is 0 Å². The molecule has 0 aromatic heterocycles. The predicted octanol–water partition coefficient (Wildman–Crippen LogP) is 4.97. The SMILES string of the molecule is Cc1cccc([C@@H](NC(=O)CCc2ccccc2F)c2ccccc2)c1. The molecular formula is C23H22FNO. The van der Waals surface area contributed by atoms with Gasteiger partial charge in [0.2, 0.25) is 5.91 Å². The van der Waals surface area contributed by atoms with Gasteiger partial charge in [0.15, 0.2) is 0 Å². The van der Waals surface area contributed by atoms with Crippen molar-refractivity contribution in [3.8, 4) is 0 Å². The molecule has 0 bridgehead atoms. The van der Waals surface area contributed by atoms with Crippen LogP contribution in [0.3, 0.4) is 0 Å². The maximum Gasteiger partial charge on any atom is 0.221 e. The number of rotatable bonds is 6. The van der Waals surface area contributed by atoms with Crippen molar-refractivity contribution in [2.75, 3.05) is 0 Å². The molecule has 1 N–H and O–H groups in total. The molecule has 3 heteroatoms. The average Bonchev–Trinajstić information content (AvgIpc) is 2.66. The van der Waals surface area contributed by atoms with E-state index in [0.29, 0.717) is 12.0 Å². The summed E-state index contributed by atoms with van der Waals surface area (Å²) in [5, 5.41) is 3.11. The van der Waals surface area contributed by atoms with E-state index in [2.05, 4.69) is 11.4 Å². The third-order valence-corrected chi connectivity index (χ3v) is 4.39. The van der Waals surface area contributed by atoms with Crippen molar-refractivity contribution in [2.45, 2.75) is 25.8 Å². The Labute approximate surface area is 153 Å². The highest BCUT2D eigenvalue weighted by molar-refractivity contribution is 5.77. The van der Waals surface area contributed by atoms with E-state index in [4.69, 9.17) is 0 Å². The van der Waals surface area contributed by atoms with Crippen LogP contribution in [0, 0.1) is 12.7 Å². The van der Waals surface area contributed by atoms with E-state index in [0.717, 1.165) is 16.7 Å². The van der Waals surface area contributed by atoms with Gasteiger partial charge in [-0.15, -0.1) is 0 Å². The second-order valence-corrected chi connectivity index (χ2v) is 6.42. The Bertz CT molecular complexity index is 876. The number of carbonyl (C=O) groups is 1. The first-order valence-corrected chi connectivity index (χ1v) is 8.78. The Balaban J connectivity index is 1.75. The molecule has 132 valence electrons. The van der Waals surface area contributed by atoms with Crippen molar-refractivity contribution >= 4 is 5.91 Å². The van der Waals surface area contributed by atoms with Crippen LogP contribution in [-0.2, 0) is 11.2 Å². The minimum Gasteiger partial charge on any atom is -0.345 e. The summed E-state index contributed by atoms with van der Waals surface area (Å²) in [6.45, 7) is 2.03. The van der Waals surface area contributed by atoms with Crippen LogP contribution >= 0.6 is 0 Å². The quantitative estimate of drug-likeness (QED) is 0.670. The first-order chi connectivity index (χ1) is 12.6. The zero-order chi connectivity index (χ0) is 18.4.